The van der Waals surface area contributed by atoms with Crippen LogP contribution in [0.25, 0.3) is 0 Å². The van der Waals surface area contributed by atoms with Gasteiger partial charge in [-0.2, -0.15) is 0 Å². The molecule has 1 unspecified atom stereocenters. The molecule has 15 heavy (non-hydrogen) atoms. The monoisotopic (exact) mass is 269 g/mol. The number of nitrogens with two attached hydrogens (primary N) is 1. The minimum atomic E-state index is 0.507. The van der Waals surface area contributed by atoms with Crippen LogP contribution in [0.3, 0.4) is 0 Å². The minimum absolute atomic E-state index is 0.507. The van der Waals surface area contributed by atoms with Gasteiger partial charge in [-0.25, -0.2) is 0 Å². The lowest BCUT2D eigenvalue weighted by atomic mass is 9.98. The summed E-state index contributed by atoms with van der Waals surface area (Å²) >= 11 is 3.54. The van der Waals surface area contributed by atoms with E-state index in [1.54, 1.807) is 0 Å². The molecular formula is C12H16BrNO. The van der Waals surface area contributed by atoms with Crippen LogP contribution in [0.2, 0.25) is 0 Å². The third kappa shape index (κ3) is 2.34. The van der Waals surface area contributed by atoms with E-state index in [4.69, 9.17) is 10.5 Å². The lowest BCUT2D eigenvalue weighted by molar-refractivity contribution is 0.351. The Morgan fingerprint density at radius 1 is 1.53 bits per heavy atom. The predicted molar refractivity (Wildman–Crippen MR) is 65.3 cm³/mol. The van der Waals surface area contributed by atoms with Crippen LogP contribution in [0.4, 0.5) is 0 Å². The Kier molecular flexibility index (Phi) is 3.32. The SMILES string of the molecule is CC(CN)Cc1cc(Br)cc2c1OCC2. The van der Waals surface area contributed by atoms with Gasteiger partial charge >= 0.3 is 0 Å². The van der Waals surface area contributed by atoms with Crippen molar-refractivity contribution in [3.05, 3.63) is 27.7 Å². The highest BCUT2D eigenvalue weighted by Gasteiger charge is 2.18. The second-order valence-electron chi connectivity index (χ2n) is 4.20. The van der Waals surface area contributed by atoms with Crippen molar-refractivity contribution in [2.45, 2.75) is 19.8 Å². The number of hydrogen-bond acceptors (Lipinski definition) is 2. The molecule has 1 aliphatic rings. The normalized spacial score (nSPS) is 15.9. The molecule has 82 valence electrons. The number of hydrogen-bond donors (Lipinski definition) is 1. The molecule has 0 radical (unpaired) electrons. The van der Waals surface area contributed by atoms with Crippen molar-refractivity contribution in [1.29, 1.82) is 0 Å². The van der Waals surface area contributed by atoms with Crippen molar-refractivity contribution >= 4 is 15.9 Å². The molecule has 1 heterocycles. The van der Waals surface area contributed by atoms with E-state index in [-0.39, 0.29) is 0 Å². The first-order chi connectivity index (χ1) is 7.20. The van der Waals surface area contributed by atoms with Gasteiger partial charge in [0.15, 0.2) is 0 Å². The average Bonchev–Trinajstić information content (AvgIpc) is 2.65. The minimum Gasteiger partial charge on any atom is -0.493 e. The lowest BCUT2D eigenvalue weighted by Gasteiger charge is -2.12. The van der Waals surface area contributed by atoms with Crippen LogP contribution in [0.15, 0.2) is 16.6 Å². The fraction of sp³-hybridized carbons (Fsp3) is 0.500. The van der Waals surface area contributed by atoms with Gasteiger partial charge in [0.2, 0.25) is 0 Å². The molecule has 0 aliphatic carbocycles. The summed E-state index contributed by atoms with van der Waals surface area (Å²) in [7, 11) is 0. The van der Waals surface area contributed by atoms with E-state index in [1.165, 1.54) is 11.1 Å². The molecule has 1 aliphatic heterocycles. The third-order valence-corrected chi connectivity index (χ3v) is 3.25. The smallest absolute Gasteiger partial charge is 0.125 e. The molecule has 1 aromatic carbocycles. The number of rotatable bonds is 3. The van der Waals surface area contributed by atoms with Crippen molar-refractivity contribution in [1.82, 2.24) is 0 Å². The van der Waals surface area contributed by atoms with E-state index in [1.807, 2.05) is 0 Å². The van der Waals surface area contributed by atoms with E-state index in [9.17, 15) is 0 Å². The van der Waals surface area contributed by atoms with Gasteiger partial charge < -0.3 is 10.5 Å². The molecule has 0 saturated heterocycles. The summed E-state index contributed by atoms with van der Waals surface area (Å²) in [6.45, 7) is 3.71. The maximum atomic E-state index is 5.67. The molecular weight excluding hydrogens is 254 g/mol. The molecule has 3 heteroatoms. The standard InChI is InChI=1S/C12H16BrNO/c1-8(7-14)4-10-6-11(13)5-9-2-3-15-12(9)10/h5-6,8H,2-4,7,14H2,1H3. The van der Waals surface area contributed by atoms with Crippen LogP contribution in [-0.4, -0.2) is 13.2 Å². The summed E-state index contributed by atoms with van der Waals surface area (Å²) in [5.74, 6) is 1.60. The fourth-order valence-electron chi connectivity index (χ4n) is 1.96. The first-order valence-corrected chi connectivity index (χ1v) is 6.14. The van der Waals surface area contributed by atoms with Gasteiger partial charge in [0.25, 0.3) is 0 Å². The Labute approximate surface area is 98.9 Å². The number of fused-ring (bicyclic) bond motifs is 1. The number of halogens is 1. The quantitative estimate of drug-likeness (QED) is 0.916. The van der Waals surface area contributed by atoms with Gasteiger partial charge in [-0.05, 0) is 42.1 Å². The van der Waals surface area contributed by atoms with Gasteiger partial charge in [-0.1, -0.05) is 22.9 Å². The zero-order valence-corrected chi connectivity index (χ0v) is 10.5. The van der Waals surface area contributed by atoms with Crippen molar-refractivity contribution < 1.29 is 4.74 Å². The fourth-order valence-corrected chi connectivity index (χ4v) is 2.51. The summed E-state index contributed by atoms with van der Waals surface area (Å²) < 4.78 is 6.81. The van der Waals surface area contributed by atoms with Crippen molar-refractivity contribution in [2.75, 3.05) is 13.2 Å². The summed E-state index contributed by atoms with van der Waals surface area (Å²) in [6.07, 6.45) is 2.02. The van der Waals surface area contributed by atoms with Crippen molar-refractivity contribution in [3.8, 4) is 5.75 Å². The Balaban J connectivity index is 2.30. The van der Waals surface area contributed by atoms with E-state index >= 15 is 0 Å². The molecule has 2 N–H and O–H groups in total. The van der Waals surface area contributed by atoms with Gasteiger partial charge in [-0.3, -0.25) is 0 Å². The molecule has 0 bridgehead atoms. The maximum Gasteiger partial charge on any atom is 0.125 e. The van der Waals surface area contributed by atoms with Crippen molar-refractivity contribution in [3.63, 3.8) is 0 Å². The highest BCUT2D eigenvalue weighted by molar-refractivity contribution is 9.10. The summed E-state index contributed by atoms with van der Waals surface area (Å²) in [6, 6.07) is 4.30. The summed E-state index contributed by atoms with van der Waals surface area (Å²) in [5, 5.41) is 0. The number of ether oxygens (including phenoxy) is 1. The zero-order valence-electron chi connectivity index (χ0n) is 8.92. The molecule has 2 nitrogen and oxygen atoms in total. The molecule has 0 saturated carbocycles. The van der Waals surface area contributed by atoms with E-state index in [0.29, 0.717) is 5.92 Å². The van der Waals surface area contributed by atoms with E-state index < -0.39 is 0 Å². The Hall–Kier alpha value is -0.540. The summed E-state index contributed by atoms with van der Waals surface area (Å²) in [5.41, 5.74) is 8.26. The molecule has 0 amide bonds. The zero-order chi connectivity index (χ0) is 10.8. The van der Waals surface area contributed by atoms with Crippen LogP contribution >= 0.6 is 15.9 Å². The first-order valence-electron chi connectivity index (χ1n) is 5.35. The predicted octanol–water partition coefficient (Wildman–Crippen LogP) is 2.52. The number of benzene rings is 1. The molecule has 2 rings (SSSR count). The molecule has 1 atom stereocenters. The van der Waals surface area contributed by atoms with Crippen LogP contribution in [0.1, 0.15) is 18.1 Å². The van der Waals surface area contributed by atoms with Crippen LogP contribution in [0.5, 0.6) is 5.75 Å². The third-order valence-electron chi connectivity index (χ3n) is 2.80. The van der Waals surface area contributed by atoms with Gasteiger partial charge in [0.1, 0.15) is 5.75 Å². The summed E-state index contributed by atoms with van der Waals surface area (Å²) in [4.78, 5) is 0. The van der Waals surface area contributed by atoms with Crippen LogP contribution < -0.4 is 10.5 Å². The molecule has 0 aromatic heterocycles. The average molecular weight is 270 g/mol. The highest BCUT2D eigenvalue weighted by Crippen LogP contribution is 2.34. The highest BCUT2D eigenvalue weighted by atomic mass is 79.9. The molecule has 0 fully saturated rings. The lowest BCUT2D eigenvalue weighted by Crippen LogP contribution is -2.13. The first kappa shape index (κ1) is 11.0. The molecule has 1 aromatic rings. The van der Waals surface area contributed by atoms with Crippen molar-refractivity contribution in [2.24, 2.45) is 11.7 Å². The molecule has 0 spiro atoms. The van der Waals surface area contributed by atoms with Gasteiger partial charge in [0.05, 0.1) is 6.61 Å². The second-order valence-corrected chi connectivity index (χ2v) is 5.11. The largest absolute Gasteiger partial charge is 0.493 e. The Bertz CT molecular complexity index is 365. The second kappa shape index (κ2) is 4.54. The Morgan fingerprint density at radius 3 is 3.07 bits per heavy atom. The maximum absolute atomic E-state index is 5.67. The van der Waals surface area contributed by atoms with E-state index in [0.717, 1.165) is 36.2 Å². The van der Waals surface area contributed by atoms with Crippen LogP contribution in [-0.2, 0) is 12.8 Å². The van der Waals surface area contributed by atoms with E-state index in [2.05, 4.69) is 35.0 Å². The van der Waals surface area contributed by atoms with Crippen LogP contribution in [0, 0.1) is 5.92 Å². The van der Waals surface area contributed by atoms with Gasteiger partial charge in [0, 0.05) is 10.9 Å². The Morgan fingerprint density at radius 2 is 2.33 bits per heavy atom. The van der Waals surface area contributed by atoms with Gasteiger partial charge in [-0.15, -0.1) is 0 Å². The topological polar surface area (TPSA) is 35.2 Å².